The molecular formula is C17H22N4O2. The van der Waals surface area contributed by atoms with Crippen molar-refractivity contribution < 1.29 is 9.53 Å². The first kappa shape index (κ1) is 14.7. The van der Waals surface area contributed by atoms with Crippen LogP contribution in [0.4, 0.5) is 0 Å². The maximum atomic E-state index is 12.7. The molecule has 2 aromatic rings. The van der Waals surface area contributed by atoms with E-state index in [0.29, 0.717) is 11.6 Å². The largest absolute Gasteiger partial charge is 0.376 e. The number of nitrogens with one attached hydrogen (secondary N) is 1. The highest BCUT2D eigenvalue weighted by Gasteiger charge is 2.37. The van der Waals surface area contributed by atoms with E-state index in [1.165, 1.54) is 0 Å². The van der Waals surface area contributed by atoms with Crippen LogP contribution in [0.2, 0.25) is 0 Å². The standard InChI is InChI=1S/C17H22N4O2/c1-11-4-3-5-21-16(11)15(7-18-21)17(22)19-13-6-14-10-23-12(2)8-20(14)9-13/h3-5,7,12-14H,6,8-10H2,1-2H3,(H,19,22)/t12-,13+,14+/m1/s1. The zero-order valence-corrected chi connectivity index (χ0v) is 13.5. The second-order valence-corrected chi connectivity index (χ2v) is 6.70. The van der Waals surface area contributed by atoms with Gasteiger partial charge in [0.15, 0.2) is 0 Å². The average Bonchev–Trinajstić information content (AvgIpc) is 3.11. The summed E-state index contributed by atoms with van der Waals surface area (Å²) in [7, 11) is 0. The summed E-state index contributed by atoms with van der Waals surface area (Å²) in [5.74, 6) is -0.0342. The number of pyridine rings is 1. The number of carbonyl (C=O) groups excluding carboxylic acids is 1. The second-order valence-electron chi connectivity index (χ2n) is 6.70. The fraction of sp³-hybridized carbons (Fsp3) is 0.529. The molecule has 2 aliphatic heterocycles. The Labute approximate surface area is 135 Å². The summed E-state index contributed by atoms with van der Waals surface area (Å²) in [5, 5.41) is 7.47. The van der Waals surface area contributed by atoms with Gasteiger partial charge in [0.25, 0.3) is 5.91 Å². The van der Waals surface area contributed by atoms with Crippen molar-refractivity contribution in [1.82, 2.24) is 19.8 Å². The Bertz CT molecular complexity index is 741. The van der Waals surface area contributed by atoms with Crippen molar-refractivity contribution >= 4 is 11.4 Å². The molecule has 2 aliphatic rings. The molecule has 0 aliphatic carbocycles. The molecule has 1 N–H and O–H groups in total. The van der Waals surface area contributed by atoms with Gasteiger partial charge in [0.05, 0.1) is 30.0 Å². The van der Waals surface area contributed by atoms with E-state index in [0.717, 1.165) is 37.2 Å². The zero-order valence-electron chi connectivity index (χ0n) is 13.5. The number of fused-ring (bicyclic) bond motifs is 2. The van der Waals surface area contributed by atoms with Gasteiger partial charge in [-0.15, -0.1) is 0 Å². The molecule has 23 heavy (non-hydrogen) atoms. The Hall–Kier alpha value is -1.92. The number of rotatable bonds is 2. The first-order valence-corrected chi connectivity index (χ1v) is 8.21. The first-order chi connectivity index (χ1) is 11.1. The molecule has 2 saturated heterocycles. The average molecular weight is 314 g/mol. The minimum Gasteiger partial charge on any atom is -0.376 e. The molecule has 2 aromatic heterocycles. The van der Waals surface area contributed by atoms with Crippen molar-refractivity contribution in [2.24, 2.45) is 0 Å². The highest BCUT2D eigenvalue weighted by atomic mass is 16.5. The van der Waals surface area contributed by atoms with Crippen LogP contribution in [0.15, 0.2) is 24.5 Å². The molecule has 0 aromatic carbocycles. The summed E-state index contributed by atoms with van der Waals surface area (Å²) < 4.78 is 7.48. The molecular weight excluding hydrogens is 292 g/mol. The Morgan fingerprint density at radius 3 is 3.17 bits per heavy atom. The van der Waals surface area contributed by atoms with Gasteiger partial charge < -0.3 is 10.1 Å². The van der Waals surface area contributed by atoms with Crippen LogP contribution in [0, 0.1) is 6.92 Å². The van der Waals surface area contributed by atoms with Crippen LogP contribution in [0.25, 0.3) is 5.52 Å². The molecule has 0 saturated carbocycles. The SMILES string of the molecule is Cc1cccn2ncc(C(=O)N[C@H]3C[C@H]4CO[C@H](C)CN4C3)c12. The van der Waals surface area contributed by atoms with Gasteiger partial charge >= 0.3 is 0 Å². The summed E-state index contributed by atoms with van der Waals surface area (Å²) in [6.45, 7) is 6.73. The van der Waals surface area contributed by atoms with Crippen LogP contribution in [0.5, 0.6) is 0 Å². The predicted octanol–water partition coefficient (Wildman–Crippen LogP) is 1.23. The Morgan fingerprint density at radius 2 is 2.30 bits per heavy atom. The van der Waals surface area contributed by atoms with Crippen LogP contribution < -0.4 is 5.32 Å². The normalized spacial score (nSPS) is 28.0. The minimum atomic E-state index is -0.0342. The van der Waals surface area contributed by atoms with Gasteiger partial charge in [-0.05, 0) is 31.9 Å². The lowest BCUT2D eigenvalue weighted by Gasteiger charge is -2.33. The van der Waals surface area contributed by atoms with Gasteiger partial charge in [0, 0.05) is 31.4 Å². The van der Waals surface area contributed by atoms with Crippen LogP contribution in [-0.2, 0) is 4.74 Å². The van der Waals surface area contributed by atoms with Crippen LogP contribution >= 0.6 is 0 Å². The number of amides is 1. The topological polar surface area (TPSA) is 58.9 Å². The third kappa shape index (κ3) is 2.62. The number of carbonyl (C=O) groups is 1. The molecule has 6 nitrogen and oxygen atoms in total. The predicted molar refractivity (Wildman–Crippen MR) is 86.6 cm³/mol. The Kier molecular flexibility index (Phi) is 3.58. The molecule has 0 radical (unpaired) electrons. The molecule has 2 fully saturated rings. The quantitative estimate of drug-likeness (QED) is 0.906. The molecule has 0 bridgehead atoms. The number of ether oxygens (including phenoxy) is 1. The fourth-order valence-electron chi connectivity index (χ4n) is 3.79. The lowest BCUT2D eigenvalue weighted by Crippen LogP contribution is -2.45. The van der Waals surface area contributed by atoms with Crippen molar-refractivity contribution in [3.8, 4) is 0 Å². The van der Waals surface area contributed by atoms with Crippen molar-refractivity contribution in [3.63, 3.8) is 0 Å². The fourth-order valence-corrected chi connectivity index (χ4v) is 3.79. The van der Waals surface area contributed by atoms with Gasteiger partial charge in [0.1, 0.15) is 0 Å². The summed E-state index contributed by atoms with van der Waals surface area (Å²) in [5.41, 5.74) is 2.59. The van der Waals surface area contributed by atoms with Crippen LogP contribution in [0.1, 0.15) is 29.3 Å². The Morgan fingerprint density at radius 1 is 1.43 bits per heavy atom. The van der Waals surface area contributed by atoms with Crippen LogP contribution in [-0.4, -0.2) is 58.3 Å². The number of morpholine rings is 1. The molecule has 0 spiro atoms. The van der Waals surface area contributed by atoms with Gasteiger partial charge in [-0.25, -0.2) is 4.52 Å². The number of aryl methyl sites for hydroxylation is 1. The number of hydrogen-bond donors (Lipinski definition) is 1. The van der Waals surface area contributed by atoms with E-state index in [1.807, 2.05) is 25.3 Å². The highest BCUT2D eigenvalue weighted by molar-refractivity contribution is 6.01. The lowest BCUT2D eigenvalue weighted by atomic mass is 10.1. The molecule has 6 heteroatoms. The highest BCUT2D eigenvalue weighted by Crippen LogP contribution is 2.24. The summed E-state index contributed by atoms with van der Waals surface area (Å²) in [6.07, 6.45) is 4.76. The van der Waals surface area contributed by atoms with Crippen molar-refractivity contribution in [2.75, 3.05) is 19.7 Å². The Balaban J connectivity index is 1.50. The van der Waals surface area contributed by atoms with Gasteiger partial charge in [0.2, 0.25) is 0 Å². The first-order valence-electron chi connectivity index (χ1n) is 8.21. The minimum absolute atomic E-state index is 0.0342. The van der Waals surface area contributed by atoms with E-state index in [-0.39, 0.29) is 18.1 Å². The molecule has 3 atom stereocenters. The second kappa shape index (κ2) is 5.62. The summed E-state index contributed by atoms with van der Waals surface area (Å²) in [4.78, 5) is 15.1. The van der Waals surface area contributed by atoms with Crippen LogP contribution in [0.3, 0.4) is 0 Å². The van der Waals surface area contributed by atoms with E-state index >= 15 is 0 Å². The molecule has 4 heterocycles. The van der Waals surface area contributed by atoms with E-state index in [4.69, 9.17) is 4.74 Å². The lowest BCUT2D eigenvalue weighted by molar-refractivity contribution is -0.0390. The summed E-state index contributed by atoms with van der Waals surface area (Å²) >= 11 is 0. The molecule has 4 rings (SSSR count). The van der Waals surface area contributed by atoms with Crippen molar-refractivity contribution in [1.29, 1.82) is 0 Å². The molecule has 0 unspecified atom stereocenters. The maximum Gasteiger partial charge on any atom is 0.255 e. The smallest absolute Gasteiger partial charge is 0.255 e. The number of nitrogens with zero attached hydrogens (tertiary/aromatic N) is 3. The maximum absolute atomic E-state index is 12.7. The van der Waals surface area contributed by atoms with E-state index < -0.39 is 0 Å². The van der Waals surface area contributed by atoms with E-state index in [9.17, 15) is 4.79 Å². The van der Waals surface area contributed by atoms with Gasteiger partial charge in [-0.1, -0.05) is 6.07 Å². The molecule has 1 amide bonds. The van der Waals surface area contributed by atoms with E-state index in [2.05, 4.69) is 22.2 Å². The summed E-state index contributed by atoms with van der Waals surface area (Å²) in [6, 6.07) is 4.55. The zero-order chi connectivity index (χ0) is 16.0. The molecule has 122 valence electrons. The van der Waals surface area contributed by atoms with Gasteiger partial charge in [-0.3, -0.25) is 9.69 Å². The van der Waals surface area contributed by atoms with Crippen molar-refractivity contribution in [2.45, 2.75) is 38.5 Å². The third-order valence-corrected chi connectivity index (χ3v) is 4.91. The number of aromatic nitrogens is 2. The third-order valence-electron chi connectivity index (χ3n) is 4.91. The van der Waals surface area contributed by atoms with Gasteiger partial charge in [-0.2, -0.15) is 5.10 Å². The van der Waals surface area contributed by atoms with Crippen molar-refractivity contribution in [3.05, 3.63) is 35.7 Å². The van der Waals surface area contributed by atoms with E-state index in [1.54, 1.807) is 10.7 Å². The monoisotopic (exact) mass is 314 g/mol. The number of hydrogen-bond acceptors (Lipinski definition) is 4.